The number of aryl methyl sites for hydroxylation is 2. The maximum Gasteiger partial charge on any atom is 0.256 e. The number of halogens is 2. The van der Waals surface area contributed by atoms with Crippen molar-refractivity contribution in [2.45, 2.75) is 39.2 Å². The zero-order chi connectivity index (χ0) is 15.7. The molecule has 2 N–H and O–H groups in total. The third-order valence-corrected chi connectivity index (χ3v) is 4.55. The molecule has 1 aliphatic heterocycles. The number of likely N-dealkylation sites (tertiary alicyclic amines) is 1. The summed E-state index contributed by atoms with van der Waals surface area (Å²) in [4.78, 5) is 19.5. The number of hydrogen-bond acceptors (Lipinski definition) is 3. The van der Waals surface area contributed by atoms with Gasteiger partial charge in [-0.25, -0.2) is 0 Å². The standard InChI is InChI=1S/C18H23N3O.2ClH/c1-12-6-7-17-14(9-12)10-16(13(2)20-17)18(22)21-8-4-3-5-15(21)11-19;;/h6-7,9-10,15H,3-5,8,11,19H2,1-2H3;2*1H. The second-order valence-electron chi connectivity index (χ2n) is 6.20. The summed E-state index contributed by atoms with van der Waals surface area (Å²) >= 11 is 0. The highest BCUT2D eigenvalue weighted by Crippen LogP contribution is 2.23. The van der Waals surface area contributed by atoms with E-state index < -0.39 is 0 Å². The number of carbonyl (C=O) groups is 1. The predicted molar refractivity (Wildman–Crippen MR) is 103 cm³/mol. The Morgan fingerprint density at radius 2 is 2.00 bits per heavy atom. The van der Waals surface area contributed by atoms with Crippen LogP contribution < -0.4 is 5.73 Å². The lowest BCUT2D eigenvalue weighted by Gasteiger charge is -2.35. The lowest BCUT2D eigenvalue weighted by molar-refractivity contribution is 0.0622. The summed E-state index contributed by atoms with van der Waals surface area (Å²) in [6.07, 6.45) is 3.21. The summed E-state index contributed by atoms with van der Waals surface area (Å²) in [5, 5.41) is 1.02. The number of piperidine rings is 1. The van der Waals surface area contributed by atoms with Gasteiger partial charge in [0.15, 0.2) is 0 Å². The van der Waals surface area contributed by atoms with Gasteiger partial charge in [-0.05, 0) is 51.3 Å². The molecule has 2 heterocycles. The minimum atomic E-state index is 0. The summed E-state index contributed by atoms with van der Waals surface area (Å²) < 4.78 is 0. The van der Waals surface area contributed by atoms with Crippen LogP contribution in [0.3, 0.4) is 0 Å². The molecule has 132 valence electrons. The Morgan fingerprint density at radius 3 is 2.71 bits per heavy atom. The molecule has 1 aliphatic rings. The van der Waals surface area contributed by atoms with Crippen LogP contribution in [0.5, 0.6) is 0 Å². The van der Waals surface area contributed by atoms with E-state index >= 15 is 0 Å². The summed E-state index contributed by atoms with van der Waals surface area (Å²) in [6.45, 7) is 5.29. The Labute approximate surface area is 155 Å². The molecule has 1 amide bonds. The first kappa shape index (κ1) is 20.7. The average molecular weight is 370 g/mol. The molecule has 1 aromatic carbocycles. The first-order chi connectivity index (χ1) is 10.6. The SMILES string of the molecule is Cc1ccc2nc(C)c(C(=O)N3CCCCC3CN)cc2c1.Cl.Cl. The fraction of sp³-hybridized carbons (Fsp3) is 0.444. The minimum absolute atomic E-state index is 0. The Kier molecular flexibility index (Phi) is 7.46. The summed E-state index contributed by atoms with van der Waals surface area (Å²) in [5.41, 5.74) is 9.46. The van der Waals surface area contributed by atoms with Crippen LogP contribution in [-0.4, -0.2) is 34.9 Å². The van der Waals surface area contributed by atoms with Gasteiger partial charge in [0.1, 0.15) is 0 Å². The van der Waals surface area contributed by atoms with Gasteiger partial charge in [0.2, 0.25) is 0 Å². The number of pyridine rings is 1. The normalized spacial score (nSPS) is 17.1. The van der Waals surface area contributed by atoms with E-state index in [9.17, 15) is 4.79 Å². The predicted octanol–water partition coefficient (Wildman–Crippen LogP) is 3.65. The second-order valence-corrected chi connectivity index (χ2v) is 6.20. The highest BCUT2D eigenvalue weighted by molar-refractivity contribution is 5.99. The molecule has 1 saturated heterocycles. The third-order valence-electron chi connectivity index (χ3n) is 4.55. The number of nitrogens with zero attached hydrogens (tertiary/aromatic N) is 2. The molecule has 0 aliphatic carbocycles. The first-order valence-corrected chi connectivity index (χ1v) is 7.99. The van der Waals surface area contributed by atoms with E-state index in [1.165, 1.54) is 5.56 Å². The van der Waals surface area contributed by atoms with Crippen LogP contribution in [0.25, 0.3) is 10.9 Å². The van der Waals surface area contributed by atoms with Crippen molar-refractivity contribution < 1.29 is 4.79 Å². The van der Waals surface area contributed by atoms with Crippen LogP contribution >= 0.6 is 24.8 Å². The molecule has 0 bridgehead atoms. The third kappa shape index (κ3) is 4.00. The molecule has 24 heavy (non-hydrogen) atoms. The van der Waals surface area contributed by atoms with Gasteiger partial charge in [-0.2, -0.15) is 0 Å². The van der Waals surface area contributed by atoms with E-state index in [1.54, 1.807) is 0 Å². The highest BCUT2D eigenvalue weighted by Gasteiger charge is 2.27. The van der Waals surface area contributed by atoms with Gasteiger partial charge in [-0.15, -0.1) is 24.8 Å². The fourth-order valence-electron chi connectivity index (χ4n) is 3.28. The Morgan fingerprint density at radius 1 is 1.25 bits per heavy atom. The van der Waals surface area contributed by atoms with Gasteiger partial charge in [0, 0.05) is 24.5 Å². The van der Waals surface area contributed by atoms with E-state index in [-0.39, 0.29) is 36.8 Å². The molecule has 3 rings (SSSR count). The smallest absolute Gasteiger partial charge is 0.256 e. The van der Waals surface area contributed by atoms with Crippen LogP contribution in [0.1, 0.15) is 40.9 Å². The van der Waals surface area contributed by atoms with Gasteiger partial charge >= 0.3 is 0 Å². The van der Waals surface area contributed by atoms with Crippen molar-refractivity contribution in [2.75, 3.05) is 13.1 Å². The van der Waals surface area contributed by atoms with E-state index in [2.05, 4.69) is 18.0 Å². The molecular formula is C18H25Cl2N3O. The topological polar surface area (TPSA) is 59.2 Å². The number of amides is 1. The van der Waals surface area contributed by atoms with Crippen molar-refractivity contribution in [3.05, 3.63) is 41.1 Å². The lowest BCUT2D eigenvalue weighted by atomic mass is 10.00. The van der Waals surface area contributed by atoms with Crippen molar-refractivity contribution in [3.63, 3.8) is 0 Å². The quantitative estimate of drug-likeness (QED) is 0.878. The molecule has 1 unspecified atom stereocenters. The molecule has 0 saturated carbocycles. The number of aromatic nitrogens is 1. The monoisotopic (exact) mass is 369 g/mol. The van der Waals surface area contributed by atoms with Crippen molar-refractivity contribution >= 4 is 41.6 Å². The molecule has 0 spiro atoms. The van der Waals surface area contributed by atoms with Gasteiger partial charge < -0.3 is 10.6 Å². The van der Waals surface area contributed by atoms with Gasteiger partial charge in [0.25, 0.3) is 5.91 Å². The second kappa shape index (κ2) is 8.65. The molecule has 1 atom stereocenters. The van der Waals surface area contributed by atoms with Crippen molar-refractivity contribution in [1.29, 1.82) is 0 Å². The molecule has 1 fully saturated rings. The molecule has 4 nitrogen and oxygen atoms in total. The Hall–Kier alpha value is -1.36. The number of hydrogen-bond donors (Lipinski definition) is 1. The number of benzene rings is 1. The number of carbonyl (C=O) groups excluding carboxylic acids is 1. The van der Waals surface area contributed by atoms with E-state index in [4.69, 9.17) is 5.73 Å². The van der Waals surface area contributed by atoms with Crippen molar-refractivity contribution in [3.8, 4) is 0 Å². The molecule has 0 radical (unpaired) electrons. The van der Waals surface area contributed by atoms with E-state index in [0.29, 0.717) is 12.1 Å². The van der Waals surface area contributed by atoms with Gasteiger partial charge in [-0.3, -0.25) is 9.78 Å². The van der Waals surface area contributed by atoms with E-state index in [1.807, 2.05) is 30.0 Å². The average Bonchev–Trinajstić information content (AvgIpc) is 2.54. The Bertz CT molecular complexity index is 721. The zero-order valence-corrected chi connectivity index (χ0v) is 15.8. The largest absolute Gasteiger partial charge is 0.334 e. The molecular weight excluding hydrogens is 345 g/mol. The molecule has 1 aromatic heterocycles. The molecule has 6 heteroatoms. The summed E-state index contributed by atoms with van der Waals surface area (Å²) in [5.74, 6) is 0.0727. The number of fused-ring (bicyclic) bond motifs is 1. The van der Waals surface area contributed by atoms with Crippen molar-refractivity contribution in [2.24, 2.45) is 5.73 Å². The van der Waals surface area contributed by atoms with Gasteiger partial charge in [-0.1, -0.05) is 11.6 Å². The summed E-state index contributed by atoms with van der Waals surface area (Å²) in [7, 11) is 0. The number of rotatable bonds is 2. The molecule has 2 aromatic rings. The number of nitrogens with two attached hydrogens (primary N) is 1. The summed E-state index contributed by atoms with van der Waals surface area (Å²) in [6, 6.07) is 8.28. The van der Waals surface area contributed by atoms with Crippen LogP contribution in [0.15, 0.2) is 24.3 Å². The zero-order valence-electron chi connectivity index (χ0n) is 14.1. The van der Waals surface area contributed by atoms with E-state index in [0.717, 1.165) is 42.4 Å². The van der Waals surface area contributed by atoms with Crippen LogP contribution in [0.2, 0.25) is 0 Å². The highest BCUT2D eigenvalue weighted by atomic mass is 35.5. The lowest BCUT2D eigenvalue weighted by Crippen LogP contribution is -2.47. The Balaban J connectivity index is 0.00000144. The first-order valence-electron chi connectivity index (χ1n) is 7.99. The van der Waals surface area contributed by atoms with Crippen LogP contribution in [0, 0.1) is 13.8 Å². The fourth-order valence-corrected chi connectivity index (χ4v) is 3.28. The van der Waals surface area contributed by atoms with Crippen LogP contribution in [-0.2, 0) is 0 Å². The maximum atomic E-state index is 12.9. The minimum Gasteiger partial charge on any atom is -0.334 e. The van der Waals surface area contributed by atoms with Crippen LogP contribution in [0.4, 0.5) is 0 Å². The van der Waals surface area contributed by atoms with Gasteiger partial charge in [0.05, 0.1) is 16.8 Å². The van der Waals surface area contributed by atoms with Crippen molar-refractivity contribution in [1.82, 2.24) is 9.88 Å². The maximum absolute atomic E-state index is 12.9.